The van der Waals surface area contributed by atoms with Gasteiger partial charge in [-0.05, 0) is 30.2 Å². The fourth-order valence-electron chi connectivity index (χ4n) is 2.65. The summed E-state index contributed by atoms with van der Waals surface area (Å²) in [6.07, 6.45) is 2.05. The predicted molar refractivity (Wildman–Crippen MR) is 110 cm³/mol. The molecule has 2 aromatic carbocycles. The molecule has 0 aliphatic carbocycles. The molecule has 0 aliphatic heterocycles. The minimum absolute atomic E-state index is 0.0196. The Bertz CT molecular complexity index is 847. The third-order valence-corrected chi connectivity index (χ3v) is 4.27. The summed E-state index contributed by atoms with van der Waals surface area (Å²) in [6, 6.07) is 12.3. The van der Waals surface area contributed by atoms with E-state index in [1.807, 2.05) is 43.3 Å². The van der Waals surface area contributed by atoms with Crippen LogP contribution in [0.5, 0.6) is 5.75 Å². The monoisotopic (exact) mass is 383 g/mol. The number of benzene rings is 2. The minimum atomic E-state index is -0.461. The van der Waals surface area contributed by atoms with Crippen molar-refractivity contribution in [2.75, 3.05) is 32.6 Å². The third-order valence-electron chi connectivity index (χ3n) is 4.27. The largest absolute Gasteiger partial charge is 0.483 e. The summed E-state index contributed by atoms with van der Waals surface area (Å²) in [6.45, 7) is 3.98. The molecule has 1 amide bonds. The van der Waals surface area contributed by atoms with E-state index in [0.29, 0.717) is 24.3 Å². The van der Waals surface area contributed by atoms with Crippen LogP contribution in [0.4, 0.5) is 11.4 Å². The number of nitrogens with zero attached hydrogens (tertiary/aromatic N) is 3. The number of anilines is 1. The van der Waals surface area contributed by atoms with E-state index >= 15 is 0 Å². The van der Waals surface area contributed by atoms with Crippen molar-refractivity contribution in [3.63, 3.8) is 0 Å². The van der Waals surface area contributed by atoms with Gasteiger partial charge in [0.15, 0.2) is 6.61 Å². The number of likely N-dealkylation sites (N-methyl/N-ethyl adjacent to an activating group) is 1. The summed E-state index contributed by atoms with van der Waals surface area (Å²) < 4.78 is 5.63. The number of non-ortho nitro benzene ring substituents is 1. The van der Waals surface area contributed by atoms with Crippen molar-refractivity contribution in [2.24, 2.45) is 0 Å². The summed E-state index contributed by atoms with van der Waals surface area (Å²) >= 11 is 0. The number of rotatable bonds is 9. The molecule has 7 nitrogen and oxygen atoms in total. The number of amides is 1. The topological polar surface area (TPSA) is 75.9 Å². The van der Waals surface area contributed by atoms with Crippen LogP contribution >= 0.6 is 0 Å². The Morgan fingerprint density at radius 1 is 1.18 bits per heavy atom. The molecule has 148 valence electrons. The molecule has 7 heteroatoms. The molecule has 2 rings (SSSR count). The maximum Gasteiger partial charge on any atom is 0.269 e. The number of allylic oxidation sites excluding steroid dienone is 1. The molecule has 0 spiro atoms. The van der Waals surface area contributed by atoms with Crippen molar-refractivity contribution in [1.82, 2.24) is 4.90 Å². The van der Waals surface area contributed by atoms with E-state index in [1.54, 1.807) is 18.0 Å². The highest BCUT2D eigenvalue weighted by Gasteiger charge is 2.14. The van der Waals surface area contributed by atoms with Crippen LogP contribution in [0.3, 0.4) is 0 Å². The molecule has 0 unspecified atom stereocenters. The molecule has 0 saturated heterocycles. The molecule has 0 heterocycles. The van der Waals surface area contributed by atoms with Crippen LogP contribution in [-0.2, 0) is 17.8 Å². The van der Waals surface area contributed by atoms with Crippen LogP contribution in [0.1, 0.15) is 11.1 Å². The zero-order chi connectivity index (χ0) is 20.7. The van der Waals surface area contributed by atoms with Crippen LogP contribution in [0.2, 0.25) is 0 Å². The Labute approximate surface area is 165 Å². The van der Waals surface area contributed by atoms with Crippen LogP contribution < -0.4 is 9.64 Å². The van der Waals surface area contributed by atoms with Crippen molar-refractivity contribution in [3.05, 3.63) is 76.4 Å². The van der Waals surface area contributed by atoms with Crippen molar-refractivity contribution < 1.29 is 14.5 Å². The lowest BCUT2D eigenvalue weighted by Crippen LogP contribution is -2.31. The van der Waals surface area contributed by atoms with Crippen LogP contribution in [-0.4, -0.2) is 43.5 Å². The molecular weight excluding hydrogens is 358 g/mol. The van der Waals surface area contributed by atoms with Gasteiger partial charge in [0.1, 0.15) is 5.75 Å². The van der Waals surface area contributed by atoms with Gasteiger partial charge in [0.05, 0.1) is 4.92 Å². The van der Waals surface area contributed by atoms with Crippen molar-refractivity contribution >= 4 is 17.3 Å². The average Bonchev–Trinajstić information content (AvgIpc) is 2.67. The molecule has 0 aliphatic rings. The van der Waals surface area contributed by atoms with Gasteiger partial charge in [-0.15, -0.1) is 6.58 Å². The van der Waals surface area contributed by atoms with Crippen LogP contribution in [0, 0.1) is 10.1 Å². The molecule has 0 radical (unpaired) electrons. The Morgan fingerprint density at radius 3 is 2.43 bits per heavy atom. The second-order valence-corrected chi connectivity index (χ2v) is 6.64. The van der Waals surface area contributed by atoms with Gasteiger partial charge in [-0.2, -0.15) is 0 Å². The SMILES string of the molecule is C=CCc1cc([N+](=O)[O-])ccc1OCC(=O)N(C)Cc1ccc(N(C)C)cc1. The lowest BCUT2D eigenvalue weighted by atomic mass is 10.1. The van der Waals surface area contributed by atoms with E-state index in [2.05, 4.69) is 6.58 Å². The van der Waals surface area contributed by atoms with E-state index < -0.39 is 4.92 Å². The lowest BCUT2D eigenvalue weighted by Gasteiger charge is -2.19. The molecule has 0 atom stereocenters. The Morgan fingerprint density at radius 2 is 1.86 bits per heavy atom. The van der Waals surface area contributed by atoms with E-state index in [4.69, 9.17) is 4.74 Å². The van der Waals surface area contributed by atoms with E-state index in [0.717, 1.165) is 11.3 Å². The lowest BCUT2D eigenvalue weighted by molar-refractivity contribution is -0.384. The first-order valence-electron chi connectivity index (χ1n) is 8.83. The van der Waals surface area contributed by atoms with Crippen molar-refractivity contribution in [2.45, 2.75) is 13.0 Å². The number of hydrogen-bond acceptors (Lipinski definition) is 5. The molecule has 2 aromatic rings. The second-order valence-electron chi connectivity index (χ2n) is 6.64. The molecular formula is C21H25N3O4. The van der Waals surface area contributed by atoms with Gasteiger partial charge >= 0.3 is 0 Å². The highest BCUT2D eigenvalue weighted by molar-refractivity contribution is 5.77. The Hall–Kier alpha value is -3.35. The quantitative estimate of drug-likeness (QED) is 0.377. The highest BCUT2D eigenvalue weighted by atomic mass is 16.6. The van der Waals surface area contributed by atoms with Crippen LogP contribution in [0.15, 0.2) is 55.1 Å². The molecule has 0 fully saturated rings. The van der Waals surface area contributed by atoms with Gasteiger partial charge in [0.25, 0.3) is 11.6 Å². The zero-order valence-corrected chi connectivity index (χ0v) is 16.4. The molecule has 28 heavy (non-hydrogen) atoms. The van der Waals surface area contributed by atoms with Gasteiger partial charge < -0.3 is 14.5 Å². The summed E-state index contributed by atoms with van der Waals surface area (Å²) in [5.41, 5.74) is 2.71. The summed E-state index contributed by atoms with van der Waals surface area (Å²) in [4.78, 5) is 26.5. The van der Waals surface area contributed by atoms with Gasteiger partial charge in [-0.3, -0.25) is 14.9 Å². The predicted octanol–water partition coefficient (Wildman–Crippen LogP) is 3.43. The number of hydrogen-bond donors (Lipinski definition) is 0. The number of carbonyl (C=O) groups is 1. The first-order chi connectivity index (χ1) is 13.3. The molecule has 0 aromatic heterocycles. The Balaban J connectivity index is 1.98. The van der Waals surface area contributed by atoms with E-state index in [-0.39, 0.29) is 18.2 Å². The first kappa shape index (κ1) is 21.0. The maximum absolute atomic E-state index is 12.4. The maximum atomic E-state index is 12.4. The van der Waals surface area contributed by atoms with Gasteiger partial charge in [0, 0.05) is 51.1 Å². The fraction of sp³-hybridized carbons (Fsp3) is 0.286. The van der Waals surface area contributed by atoms with Crippen molar-refractivity contribution in [3.8, 4) is 5.75 Å². The van der Waals surface area contributed by atoms with Gasteiger partial charge in [0.2, 0.25) is 0 Å². The average molecular weight is 383 g/mol. The summed E-state index contributed by atoms with van der Waals surface area (Å²) in [5.74, 6) is 0.266. The number of nitro benzene ring substituents is 1. The standard InChI is InChI=1S/C21H25N3O4/c1-5-6-17-13-19(24(26)27)11-12-20(17)28-15-21(25)23(4)14-16-7-9-18(10-8-16)22(2)3/h5,7-13H,1,6,14-15H2,2-4H3. The van der Waals surface area contributed by atoms with Gasteiger partial charge in [-0.1, -0.05) is 18.2 Å². The zero-order valence-electron chi connectivity index (χ0n) is 16.4. The van der Waals surface area contributed by atoms with Crippen LogP contribution in [0.25, 0.3) is 0 Å². The van der Waals surface area contributed by atoms with E-state index in [9.17, 15) is 14.9 Å². The summed E-state index contributed by atoms with van der Waals surface area (Å²) in [5, 5.41) is 10.9. The van der Waals surface area contributed by atoms with Crippen molar-refractivity contribution in [1.29, 1.82) is 0 Å². The molecule has 0 saturated carbocycles. The summed E-state index contributed by atoms with van der Waals surface area (Å²) in [7, 11) is 5.66. The Kier molecular flexibility index (Phi) is 7.14. The molecule has 0 N–H and O–H groups in total. The number of ether oxygens (including phenoxy) is 1. The van der Waals surface area contributed by atoms with Gasteiger partial charge in [-0.25, -0.2) is 0 Å². The van der Waals surface area contributed by atoms with E-state index in [1.165, 1.54) is 18.2 Å². The normalized spacial score (nSPS) is 10.2. The minimum Gasteiger partial charge on any atom is -0.483 e. The number of carbonyl (C=O) groups excluding carboxylic acids is 1. The first-order valence-corrected chi connectivity index (χ1v) is 8.83. The fourth-order valence-corrected chi connectivity index (χ4v) is 2.65. The molecule has 0 bridgehead atoms. The smallest absolute Gasteiger partial charge is 0.269 e. The highest BCUT2D eigenvalue weighted by Crippen LogP contribution is 2.25. The number of nitro groups is 1. The third kappa shape index (κ3) is 5.57. The second kappa shape index (κ2) is 9.55.